The van der Waals surface area contributed by atoms with Crippen LogP contribution < -0.4 is 0 Å². The molecule has 110 valence electrons. The number of methoxy groups -OCH3 is 1. The average Bonchev–Trinajstić information content (AvgIpc) is 2.76. The molecule has 0 amide bonds. The third kappa shape index (κ3) is 3.74. The summed E-state index contributed by atoms with van der Waals surface area (Å²) in [4.78, 5) is 4.66. The maximum Gasteiger partial charge on any atom is 0.127 e. The van der Waals surface area contributed by atoms with Crippen molar-refractivity contribution in [3.05, 3.63) is 28.5 Å². The summed E-state index contributed by atoms with van der Waals surface area (Å²) < 4.78 is 8.37. The molecule has 0 bridgehead atoms. The summed E-state index contributed by atoms with van der Waals surface area (Å²) in [6.45, 7) is 3.75. The average molecular weight is 360 g/mol. The number of alkyl halides is 1. The van der Waals surface area contributed by atoms with Crippen LogP contribution in [0.5, 0.6) is 0 Å². The van der Waals surface area contributed by atoms with Gasteiger partial charge >= 0.3 is 0 Å². The summed E-state index contributed by atoms with van der Waals surface area (Å²) in [6.07, 6.45) is 3.36. The molecule has 0 saturated heterocycles. The first-order valence-corrected chi connectivity index (χ1v) is 8.15. The lowest BCUT2D eigenvalue weighted by Crippen LogP contribution is -2.05. The van der Waals surface area contributed by atoms with Crippen LogP contribution >= 0.6 is 27.5 Å². The van der Waals surface area contributed by atoms with Gasteiger partial charge in [0.05, 0.1) is 16.4 Å². The van der Waals surface area contributed by atoms with Gasteiger partial charge in [-0.3, -0.25) is 0 Å². The fourth-order valence-electron chi connectivity index (χ4n) is 2.35. The maximum atomic E-state index is 6.27. The van der Waals surface area contributed by atoms with Gasteiger partial charge in [-0.25, -0.2) is 4.98 Å². The Kier molecular flexibility index (Phi) is 5.87. The topological polar surface area (TPSA) is 27.1 Å². The van der Waals surface area contributed by atoms with Crippen molar-refractivity contribution >= 4 is 38.6 Å². The van der Waals surface area contributed by atoms with Crippen molar-refractivity contribution in [1.29, 1.82) is 0 Å². The fraction of sp³-hybridized carbons (Fsp3) is 0.533. The fourth-order valence-corrected chi connectivity index (χ4v) is 2.87. The number of hydrogen-bond donors (Lipinski definition) is 0. The van der Waals surface area contributed by atoms with E-state index < -0.39 is 0 Å². The second kappa shape index (κ2) is 7.43. The second-order valence-corrected chi connectivity index (χ2v) is 6.49. The van der Waals surface area contributed by atoms with Crippen LogP contribution in [0.25, 0.3) is 11.0 Å². The second-order valence-electron chi connectivity index (χ2n) is 4.92. The maximum absolute atomic E-state index is 6.27. The molecule has 2 rings (SSSR count). The summed E-state index contributed by atoms with van der Waals surface area (Å²) in [7, 11) is 1.74. The molecule has 0 N–H and O–H groups in total. The monoisotopic (exact) mass is 358 g/mol. The highest BCUT2D eigenvalue weighted by atomic mass is 79.9. The Morgan fingerprint density at radius 3 is 2.85 bits per heavy atom. The molecule has 0 fully saturated rings. The highest BCUT2D eigenvalue weighted by Crippen LogP contribution is 2.27. The van der Waals surface area contributed by atoms with Gasteiger partial charge in [-0.2, -0.15) is 0 Å². The molecule has 0 spiro atoms. The summed E-state index contributed by atoms with van der Waals surface area (Å²) in [5.74, 6) is 0.950. The van der Waals surface area contributed by atoms with Crippen molar-refractivity contribution < 1.29 is 4.74 Å². The lowest BCUT2D eigenvalue weighted by molar-refractivity contribution is 0.191. The van der Waals surface area contributed by atoms with Crippen LogP contribution in [-0.4, -0.2) is 23.3 Å². The molecule has 0 aliphatic rings. The van der Waals surface area contributed by atoms with Gasteiger partial charge in [-0.05, 0) is 44.4 Å². The number of ether oxygens (including phenoxy) is 1. The molecule has 3 nitrogen and oxygen atoms in total. The van der Waals surface area contributed by atoms with Crippen molar-refractivity contribution in [3.63, 3.8) is 0 Å². The molecule has 1 heterocycles. The predicted octanol–water partition coefficient (Wildman–Crippen LogP) is 4.92. The number of nitrogens with zero attached hydrogens (tertiary/aromatic N) is 2. The van der Waals surface area contributed by atoms with Gasteiger partial charge < -0.3 is 9.30 Å². The Bertz CT molecular complexity index is 568. The van der Waals surface area contributed by atoms with E-state index in [4.69, 9.17) is 16.3 Å². The van der Waals surface area contributed by atoms with Crippen molar-refractivity contribution in [2.24, 2.45) is 0 Å². The standard InChI is InChI=1S/C15H20BrClN2O/c1-11(17)15-18-13-10-12(16)6-7-14(13)19(15)8-4-3-5-9-20-2/h6-7,10-11H,3-5,8-9H2,1-2H3. The number of aryl methyl sites for hydroxylation is 1. The van der Waals surface area contributed by atoms with E-state index in [2.05, 4.69) is 31.5 Å². The lowest BCUT2D eigenvalue weighted by Gasteiger charge is -2.10. The van der Waals surface area contributed by atoms with E-state index in [1.807, 2.05) is 19.1 Å². The van der Waals surface area contributed by atoms with Gasteiger partial charge in [0.15, 0.2) is 0 Å². The third-order valence-corrected chi connectivity index (χ3v) is 4.01. The van der Waals surface area contributed by atoms with Crippen LogP contribution in [-0.2, 0) is 11.3 Å². The molecule has 1 unspecified atom stereocenters. The first-order valence-electron chi connectivity index (χ1n) is 6.92. The molecular weight excluding hydrogens is 340 g/mol. The highest BCUT2D eigenvalue weighted by Gasteiger charge is 2.14. The smallest absolute Gasteiger partial charge is 0.127 e. The van der Waals surface area contributed by atoms with Crippen LogP contribution in [0.1, 0.15) is 37.4 Å². The van der Waals surface area contributed by atoms with Gasteiger partial charge in [-0.1, -0.05) is 15.9 Å². The Labute approximate surface area is 133 Å². The molecule has 20 heavy (non-hydrogen) atoms. The van der Waals surface area contributed by atoms with Crippen LogP contribution in [0.4, 0.5) is 0 Å². The molecule has 5 heteroatoms. The summed E-state index contributed by atoms with van der Waals surface area (Å²) >= 11 is 9.76. The first-order chi connectivity index (χ1) is 9.63. The zero-order valence-corrected chi connectivity index (χ0v) is 14.2. The Morgan fingerprint density at radius 1 is 1.35 bits per heavy atom. The van der Waals surface area contributed by atoms with Gasteiger partial charge in [0.25, 0.3) is 0 Å². The zero-order valence-electron chi connectivity index (χ0n) is 11.9. The third-order valence-electron chi connectivity index (χ3n) is 3.33. The van der Waals surface area contributed by atoms with E-state index in [9.17, 15) is 0 Å². The summed E-state index contributed by atoms with van der Waals surface area (Å²) in [5.41, 5.74) is 2.15. The molecule has 2 aromatic rings. The first kappa shape index (κ1) is 15.8. The zero-order chi connectivity index (χ0) is 14.5. The molecule has 0 radical (unpaired) electrons. The Hall–Kier alpha value is -0.580. The van der Waals surface area contributed by atoms with Crippen molar-refractivity contribution in [3.8, 4) is 0 Å². The number of unbranched alkanes of at least 4 members (excludes halogenated alkanes) is 2. The number of fused-ring (bicyclic) bond motifs is 1. The molecular formula is C15H20BrClN2O. The number of rotatable bonds is 7. The van der Waals surface area contributed by atoms with Gasteiger partial charge in [0, 0.05) is 24.7 Å². The van der Waals surface area contributed by atoms with Gasteiger partial charge in [-0.15, -0.1) is 11.6 Å². The predicted molar refractivity (Wildman–Crippen MR) is 87.4 cm³/mol. The molecule has 0 aliphatic carbocycles. The van der Waals surface area contributed by atoms with E-state index in [0.29, 0.717) is 0 Å². The van der Waals surface area contributed by atoms with Crippen molar-refractivity contribution in [2.75, 3.05) is 13.7 Å². The van der Waals surface area contributed by atoms with E-state index in [0.717, 1.165) is 53.7 Å². The van der Waals surface area contributed by atoms with Crippen LogP contribution in [0.3, 0.4) is 0 Å². The minimum Gasteiger partial charge on any atom is -0.385 e. The molecule has 1 aromatic heterocycles. The number of halogens is 2. The Balaban J connectivity index is 2.18. The normalized spacial score (nSPS) is 13.0. The van der Waals surface area contributed by atoms with E-state index >= 15 is 0 Å². The minimum absolute atomic E-state index is 0.0832. The largest absolute Gasteiger partial charge is 0.385 e. The number of benzene rings is 1. The van der Waals surface area contributed by atoms with E-state index in [1.54, 1.807) is 7.11 Å². The van der Waals surface area contributed by atoms with Crippen LogP contribution in [0, 0.1) is 0 Å². The minimum atomic E-state index is -0.0832. The van der Waals surface area contributed by atoms with E-state index in [1.165, 1.54) is 0 Å². The van der Waals surface area contributed by atoms with Crippen molar-refractivity contribution in [2.45, 2.75) is 38.1 Å². The molecule has 1 atom stereocenters. The number of imidazole rings is 1. The Morgan fingerprint density at radius 2 is 2.15 bits per heavy atom. The van der Waals surface area contributed by atoms with E-state index in [-0.39, 0.29) is 5.38 Å². The summed E-state index contributed by atoms with van der Waals surface area (Å²) in [6, 6.07) is 6.19. The van der Waals surface area contributed by atoms with Gasteiger partial charge in [0.1, 0.15) is 5.82 Å². The molecule has 1 aromatic carbocycles. The van der Waals surface area contributed by atoms with Gasteiger partial charge in [0.2, 0.25) is 0 Å². The van der Waals surface area contributed by atoms with Crippen LogP contribution in [0.2, 0.25) is 0 Å². The van der Waals surface area contributed by atoms with Crippen LogP contribution in [0.15, 0.2) is 22.7 Å². The highest BCUT2D eigenvalue weighted by molar-refractivity contribution is 9.10. The molecule has 0 aliphatic heterocycles. The quantitative estimate of drug-likeness (QED) is 0.518. The summed E-state index contributed by atoms with van der Waals surface area (Å²) in [5, 5.41) is -0.0832. The number of hydrogen-bond acceptors (Lipinski definition) is 2. The number of aromatic nitrogens is 2. The van der Waals surface area contributed by atoms with Crippen molar-refractivity contribution in [1.82, 2.24) is 9.55 Å². The SMILES string of the molecule is COCCCCCn1c(C(C)Cl)nc2cc(Br)ccc21. The lowest BCUT2D eigenvalue weighted by atomic mass is 10.2. The molecule has 0 saturated carbocycles.